The van der Waals surface area contributed by atoms with E-state index in [4.69, 9.17) is 15.2 Å². The molecule has 0 aromatic rings. The first kappa shape index (κ1) is 5.97. The molecule has 2 rings (SSSR count). The van der Waals surface area contributed by atoms with Crippen molar-refractivity contribution in [2.24, 2.45) is 10.7 Å². The van der Waals surface area contributed by atoms with E-state index in [1.807, 2.05) is 0 Å². The molecule has 0 saturated carbocycles. The van der Waals surface area contributed by atoms with Crippen LogP contribution in [0.2, 0.25) is 0 Å². The Morgan fingerprint density at radius 1 is 1.60 bits per heavy atom. The molecule has 2 aliphatic heterocycles. The fourth-order valence-corrected chi connectivity index (χ4v) is 1.29. The molecule has 0 aliphatic carbocycles. The van der Waals surface area contributed by atoms with Crippen LogP contribution in [0, 0.1) is 0 Å². The van der Waals surface area contributed by atoms with Gasteiger partial charge in [0.15, 0.2) is 6.23 Å². The minimum Gasteiger partial charge on any atom is -0.457 e. The lowest BCUT2D eigenvalue weighted by Crippen LogP contribution is -2.30. The number of fused-ring (bicyclic) bond motifs is 1. The Morgan fingerprint density at radius 3 is 3.30 bits per heavy atom. The SMILES string of the molecule is NC1=N[C@@H]2OCCC[C@@H]2O1. The highest BCUT2D eigenvalue weighted by Crippen LogP contribution is 2.22. The average Bonchev–Trinajstić information content (AvgIpc) is 2.27. The van der Waals surface area contributed by atoms with Crippen molar-refractivity contribution in [3.63, 3.8) is 0 Å². The third kappa shape index (κ3) is 0.844. The minimum absolute atomic E-state index is 0.0914. The van der Waals surface area contributed by atoms with E-state index in [0.717, 1.165) is 19.4 Å². The summed E-state index contributed by atoms with van der Waals surface area (Å²) < 4.78 is 10.4. The number of nitrogens with two attached hydrogens (primary N) is 1. The molecule has 0 aromatic heterocycles. The van der Waals surface area contributed by atoms with E-state index >= 15 is 0 Å². The molecule has 2 atom stereocenters. The Hall–Kier alpha value is -0.770. The molecule has 4 nitrogen and oxygen atoms in total. The number of rotatable bonds is 0. The fraction of sp³-hybridized carbons (Fsp3) is 0.833. The molecule has 1 fully saturated rings. The van der Waals surface area contributed by atoms with Crippen molar-refractivity contribution in [1.29, 1.82) is 0 Å². The van der Waals surface area contributed by atoms with Crippen LogP contribution in [-0.2, 0) is 9.47 Å². The Kier molecular flexibility index (Phi) is 1.27. The molecule has 0 radical (unpaired) electrons. The minimum atomic E-state index is -0.117. The molecule has 0 unspecified atom stereocenters. The highest BCUT2D eigenvalue weighted by molar-refractivity contribution is 5.73. The second-order valence-corrected chi connectivity index (χ2v) is 2.53. The van der Waals surface area contributed by atoms with E-state index < -0.39 is 0 Å². The second kappa shape index (κ2) is 2.12. The lowest BCUT2D eigenvalue weighted by Gasteiger charge is -2.21. The molecule has 0 bridgehead atoms. The first-order valence-electron chi connectivity index (χ1n) is 3.48. The smallest absolute Gasteiger partial charge is 0.285 e. The molecule has 0 amide bonds. The van der Waals surface area contributed by atoms with Gasteiger partial charge in [-0.2, -0.15) is 4.99 Å². The van der Waals surface area contributed by atoms with Gasteiger partial charge in [-0.15, -0.1) is 0 Å². The molecular formula is C6H10N2O2. The first-order chi connectivity index (χ1) is 4.86. The van der Waals surface area contributed by atoms with Gasteiger partial charge in [-0.1, -0.05) is 0 Å². The van der Waals surface area contributed by atoms with Crippen LogP contribution in [0.1, 0.15) is 12.8 Å². The first-order valence-corrected chi connectivity index (χ1v) is 3.48. The van der Waals surface area contributed by atoms with Crippen LogP contribution < -0.4 is 5.73 Å². The lowest BCUT2D eigenvalue weighted by molar-refractivity contribution is -0.0426. The number of hydrogen-bond acceptors (Lipinski definition) is 4. The topological polar surface area (TPSA) is 56.8 Å². The van der Waals surface area contributed by atoms with Gasteiger partial charge in [-0.3, -0.25) is 0 Å². The number of hydrogen-bond donors (Lipinski definition) is 1. The van der Waals surface area contributed by atoms with Gasteiger partial charge >= 0.3 is 0 Å². The van der Waals surface area contributed by atoms with Gasteiger partial charge in [0.1, 0.15) is 6.10 Å². The Bertz CT molecular complexity index is 169. The molecule has 4 heteroatoms. The van der Waals surface area contributed by atoms with Crippen molar-refractivity contribution in [2.75, 3.05) is 6.61 Å². The summed E-state index contributed by atoms with van der Waals surface area (Å²) in [5.41, 5.74) is 5.34. The maximum absolute atomic E-state index is 5.34. The molecule has 2 heterocycles. The quantitative estimate of drug-likeness (QED) is 0.511. The zero-order valence-electron chi connectivity index (χ0n) is 5.62. The lowest BCUT2D eigenvalue weighted by atomic mass is 10.1. The van der Waals surface area contributed by atoms with E-state index in [2.05, 4.69) is 4.99 Å². The van der Waals surface area contributed by atoms with Crippen molar-refractivity contribution in [1.82, 2.24) is 0 Å². The van der Waals surface area contributed by atoms with Gasteiger partial charge in [-0.25, -0.2) is 0 Å². The normalized spacial score (nSPS) is 38.2. The summed E-state index contributed by atoms with van der Waals surface area (Å²) in [5, 5.41) is 0. The van der Waals surface area contributed by atoms with E-state index in [1.54, 1.807) is 0 Å². The Labute approximate surface area is 59.0 Å². The molecular weight excluding hydrogens is 132 g/mol. The van der Waals surface area contributed by atoms with E-state index in [0.29, 0.717) is 0 Å². The summed E-state index contributed by atoms with van der Waals surface area (Å²) in [4.78, 5) is 3.96. The average molecular weight is 142 g/mol. The molecule has 56 valence electrons. The standard InChI is InChI=1S/C6H10N2O2/c7-6-8-5-4(10-6)2-1-3-9-5/h4-5H,1-3H2,(H2,7,8)/t4-,5+/m0/s1. The second-order valence-electron chi connectivity index (χ2n) is 2.53. The number of ether oxygens (including phenoxy) is 2. The molecule has 1 saturated heterocycles. The van der Waals surface area contributed by atoms with Gasteiger partial charge in [-0.05, 0) is 12.8 Å². The monoisotopic (exact) mass is 142 g/mol. The number of amidine groups is 1. The fourth-order valence-electron chi connectivity index (χ4n) is 1.29. The predicted octanol–water partition coefficient (Wildman–Crippen LogP) is -0.164. The van der Waals surface area contributed by atoms with Crippen molar-refractivity contribution in [3.8, 4) is 0 Å². The highest BCUT2D eigenvalue weighted by Gasteiger charge is 2.32. The van der Waals surface area contributed by atoms with Crippen LogP contribution in [0.15, 0.2) is 4.99 Å². The van der Waals surface area contributed by atoms with E-state index in [9.17, 15) is 0 Å². The maximum Gasteiger partial charge on any atom is 0.285 e. The Balaban J connectivity index is 2.06. The summed E-state index contributed by atoms with van der Waals surface area (Å²) in [6.07, 6.45) is 2.03. The van der Waals surface area contributed by atoms with E-state index in [-0.39, 0.29) is 18.4 Å². The van der Waals surface area contributed by atoms with Crippen LogP contribution in [-0.4, -0.2) is 25.0 Å². The van der Waals surface area contributed by atoms with Crippen molar-refractivity contribution < 1.29 is 9.47 Å². The number of nitrogens with zero attached hydrogens (tertiary/aromatic N) is 1. The summed E-state index contributed by atoms with van der Waals surface area (Å²) in [6.45, 7) is 0.779. The van der Waals surface area contributed by atoms with Crippen LogP contribution in [0.5, 0.6) is 0 Å². The summed E-state index contributed by atoms with van der Waals surface area (Å²) in [6, 6.07) is 0.275. The van der Waals surface area contributed by atoms with Crippen LogP contribution in [0.25, 0.3) is 0 Å². The molecule has 2 aliphatic rings. The largest absolute Gasteiger partial charge is 0.457 e. The molecule has 0 aromatic carbocycles. The van der Waals surface area contributed by atoms with E-state index in [1.165, 1.54) is 0 Å². The molecule has 10 heavy (non-hydrogen) atoms. The predicted molar refractivity (Wildman–Crippen MR) is 35.5 cm³/mol. The van der Waals surface area contributed by atoms with Gasteiger partial charge < -0.3 is 15.2 Å². The third-order valence-electron chi connectivity index (χ3n) is 1.77. The zero-order valence-corrected chi connectivity index (χ0v) is 5.62. The van der Waals surface area contributed by atoms with Gasteiger partial charge in [0.25, 0.3) is 6.02 Å². The highest BCUT2D eigenvalue weighted by atomic mass is 16.6. The summed E-state index contributed by atoms with van der Waals surface area (Å²) in [7, 11) is 0. The Morgan fingerprint density at radius 2 is 2.50 bits per heavy atom. The van der Waals surface area contributed by atoms with Crippen molar-refractivity contribution in [2.45, 2.75) is 25.2 Å². The van der Waals surface area contributed by atoms with Crippen molar-refractivity contribution in [3.05, 3.63) is 0 Å². The maximum atomic E-state index is 5.34. The molecule has 2 N–H and O–H groups in total. The van der Waals surface area contributed by atoms with Crippen LogP contribution in [0.4, 0.5) is 0 Å². The molecule has 0 spiro atoms. The van der Waals surface area contributed by atoms with Gasteiger partial charge in [0.05, 0.1) is 0 Å². The van der Waals surface area contributed by atoms with Crippen molar-refractivity contribution >= 4 is 6.02 Å². The summed E-state index contributed by atoms with van der Waals surface area (Å²) >= 11 is 0. The van der Waals surface area contributed by atoms with Gasteiger partial charge in [0.2, 0.25) is 0 Å². The zero-order chi connectivity index (χ0) is 6.97. The number of aliphatic imine (C=N–C) groups is 1. The van der Waals surface area contributed by atoms with Crippen LogP contribution in [0.3, 0.4) is 0 Å². The third-order valence-corrected chi connectivity index (χ3v) is 1.77. The van der Waals surface area contributed by atoms with Crippen LogP contribution >= 0.6 is 0 Å². The summed E-state index contributed by atoms with van der Waals surface area (Å²) in [5.74, 6) is 0. The van der Waals surface area contributed by atoms with Gasteiger partial charge in [0, 0.05) is 6.61 Å².